The highest BCUT2D eigenvalue weighted by Crippen LogP contribution is 2.55. The summed E-state index contributed by atoms with van der Waals surface area (Å²) in [6.07, 6.45) is 7.97. The monoisotopic (exact) mass is 433 g/mol. The van der Waals surface area contributed by atoms with Crippen LogP contribution in [0, 0.1) is 24.7 Å². The zero-order chi connectivity index (χ0) is 21.2. The number of hydrogen-bond acceptors (Lipinski definition) is 4. The van der Waals surface area contributed by atoms with Crippen LogP contribution in [-0.2, 0) is 6.42 Å². The maximum Gasteiger partial charge on any atom is 0.262 e. The van der Waals surface area contributed by atoms with Gasteiger partial charge in [-0.2, -0.15) is 0 Å². The van der Waals surface area contributed by atoms with Gasteiger partial charge in [0.05, 0.1) is 10.3 Å². The molecular weight excluding hydrogens is 406 g/mol. The van der Waals surface area contributed by atoms with Crippen LogP contribution in [0.5, 0.6) is 0 Å². The van der Waals surface area contributed by atoms with Gasteiger partial charge in [-0.05, 0) is 74.3 Å². The number of rotatable bonds is 4. The van der Waals surface area contributed by atoms with Gasteiger partial charge in [0.25, 0.3) is 11.5 Å². The first kappa shape index (κ1) is 19.2. The Kier molecular flexibility index (Phi) is 4.36. The molecule has 4 aliphatic carbocycles. The molecule has 4 saturated carbocycles. The Morgan fingerprint density at radius 1 is 1.13 bits per heavy atom. The molecule has 0 atom stereocenters. The van der Waals surface area contributed by atoms with E-state index in [1.807, 2.05) is 37.3 Å². The van der Waals surface area contributed by atoms with E-state index in [9.17, 15) is 9.59 Å². The highest BCUT2D eigenvalue weighted by atomic mass is 32.1. The lowest BCUT2D eigenvalue weighted by Gasteiger charge is -2.56. The second kappa shape index (κ2) is 7.02. The van der Waals surface area contributed by atoms with Crippen LogP contribution in [-0.4, -0.2) is 21.4 Å². The number of benzene rings is 1. The van der Waals surface area contributed by atoms with Crippen LogP contribution in [0.4, 0.5) is 0 Å². The Labute approximate surface area is 185 Å². The molecule has 2 aromatic heterocycles. The summed E-state index contributed by atoms with van der Waals surface area (Å²) in [5.74, 6) is 2.95. The largest absolute Gasteiger partial charge is 0.346 e. The zero-order valence-corrected chi connectivity index (χ0v) is 18.6. The standard InChI is InChI=1S/C25H27N3O2S/c1-14-20-22(29)26-19(10-15-5-3-2-4-6-15)27-24(20)31-21(14)23(30)28-25-11-16-7-17(12-25)9-18(8-16)13-25/h2-6,16-18H,7-13H2,1H3,(H,28,30)(H,26,27,29). The number of aryl methyl sites for hydroxylation is 1. The number of hydrogen-bond donors (Lipinski definition) is 2. The van der Waals surface area contributed by atoms with Gasteiger partial charge in [0.15, 0.2) is 0 Å². The van der Waals surface area contributed by atoms with E-state index in [4.69, 9.17) is 4.98 Å². The number of fused-ring (bicyclic) bond motifs is 1. The third-order valence-corrected chi connectivity index (χ3v) is 8.87. The van der Waals surface area contributed by atoms with Gasteiger partial charge in [0.2, 0.25) is 0 Å². The number of aromatic amines is 1. The van der Waals surface area contributed by atoms with Gasteiger partial charge in [-0.3, -0.25) is 9.59 Å². The number of thiophene rings is 1. The number of amides is 1. The van der Waals surface area contributed by atoms with Crippen molar-refractivity contribution < 1.29 is 4.79 Å². The lowest BCUT2D eigenvalue weighted by molar-refractivity contribution is -0.0166. The molecule has 2 heterocycles. The van der Waals surface area contributed by atoms with Crippen LogP contribution in [0.15, 0.2) is 35.1 Å². The van der Waals surface area contributed by atoms with E-state index in [0.29, 0.717) is 27.3 Å². The summed E-state index contributed by atoms with van der Waals surface area (Å²) in [6, 6.07) is 9.98. The molecule has 7 rings (SSSR count). The fourth-order valence-corrected chi connectivity index (χ4v) is 7.94. The van der Waals surface area contributed by atoms with E-state index in [1.54, 1.807) is 0 Å². The fourth-order valence-electron chi connectivity index (χ4n) is 6.84. The summed E-state index contributed by atoms with van der Waals surface area (Å²) in [5.41, 5.74) is 1.66. The molecule has 5 nitrogen and oxygen atoms in total. The highest BCUT2D eigenvalue weighted by Gasteiger charge is 2.51. The fraction of sp³-hybridized carbons (Fsp3) is 0.480. The number of carbonyl (C=O) groups excluding carboxylic acids is 1. The Bertz CT molecular complexity index is 1190. The minimum Gasteiger partial charge on any atom is -0.346 e. The highest BCUT2D eigenvalue weighted by molar-refractivity contribution is 7.20. The third-order valence-electron chi connectivity index (χ3n) is 7.69. The van der Waals surface area contributed by atoms with Crippen LogP contribution in [0.25, 0.3) is 10.2 Å². The van der Waals surface area contributed by atoms with E-state index in [0.717, 1.165) is 48.1 Å². The first-order valence-electron chi connectivity index (χ1n) is 11.4. The first-order valence-corrected chi connectivity index (χ1v) is 12.2. The van der Waals surface area contributed by atoms with Gasteiger partial charge in [0.1, 0.15) is 10.7 Å². The average molecular weight is 434 g/mol. The van der Waals surface area contributed by atoms with E-state index >= 15 is 0 Å². The Morgan fingerprint density at radius 2 is 1.77 bits per heavy atom. The number of carbonyl (C=O) groups is 1. The average Bonchev–Trinajstić information content (AvgIpc) is 3.04. The summed E-state index contributed by atoms with van der Waals surface area (Å²) < 4.78 is 0. The number of nitrogens with one attached hydrogen (secondary N) is 2. The summed E-state index contributed by atoms with van der Waals surface area (Å²) >= 11 is 1.36. The van der Waals surface area contributed by atoms with Crippen molar-refractivity contribution in [3.8, 4) is 0 Å². The van der Waals surface area contributed by atoms with Gasteiger partial charge in [-0.25, -0.2) is 4.98 Å². The number of nitrogens with zero attached hydrogens (tertiary/aromatic N) is 1. The Balaban J connectivity index is 1.30. The van der Waals surface area contributed by atoms with Gasteiger partial charge < -0.3 is 10.3 Å². The molecule has 0 aliphatic heterocycles. The molecule has 0 unspecified atom stereocenters. The second-order valence-corrected chi connectivity index (χ2v) is 11.1. The normalized spacial score (nSPS) is 28.9. The van der Waals surface area contributed by atoms with Crippen molar-refractivity contribution in [1.82, 2.24) is 15.3 Å². The van der Waals surface area contributed by atoms with Crippen molar-refractivity contribution in [3.63, 3.8) is 0 Å². The molecule has 4 aliphatic rings. The van der Waals surface area contributed by atoms with E-state index in [1.165, 1.54) is 30.6 Å². The summed E-state index contributed by atoms with van der Waals surface area (Å²) in [5, 5.41) is 4.00. The Morgan fingerprint density at radius 3 is 2.42 bits per heavy atom. The van der Waals surface area contributed by atoms with E-state index in [-0.39, 0.29) is 17.0 Å². The van der Waals surface area contributed by atoms with Crippen molar-refractivity contribution >= 4 is 27.5 Å². The van der Waals surface area contributed by atoms with Crippen LogP contribution in [0.2, 0.25) is 0 Å². The quantitative estimate of drug-likeness (QED) is 0.632. The minimum absolute atomic E-state index is 0.0218. The van der Waals surface area contributed by atoms with Crippen LogP contribution >= 0.6 is 11.3 Å². The summed E-state index contributed by atoms with van der Waals surface area (Å²) in [6.45, 7) is 1.88. The van der Waals surface area contributed by atoms with Crippen LogP contribution in [0.3, 0.4) is 0 Å². The van der Waals surface area contributed by atoms with Gasteiger partial charge >= 0.3 is 0 Å². The van der Waals surface area contributed by atoms with Gasteiger partial charge in [-0.1, -0.05) is 30.3 Å². The van der Waals surface area contributed by atoms with Crippen molar-refractivity contribution in [1.29, 1.82) is 0 Å². The van der Waals surface area contributed by atoms with Crippen molar-refractivity contribution in [2.75, 3.05) is 0 Å². The maximum absolute atomic E-state index is 13.4. The molecule has 160 valence electrons. The minimum atomic E-state index is -0.154. The third kappa shape index (κ3) is 3.32. The number of aromatic nitrogens is 2. The Hall–Kier alpha value is -2.47. The van der Waals surface area contributed by atoms with Crippen LogP contribution < -0.4 is 10.9 Å². The molecule has 4 bridgehead atoms. The lowest BCUT2D eigenvalue weighted by atomic mass is 9.53. The van der Waals surface area contributed by atoms with E-state index < -0.39 is 0 Å². The van der Waals surface area contributed by atoms with E-state index in [2.05, 4.69) is 10.3 Å². The summed E-state index contributed by atoms with van der Waals surface area (Å²) in [4.78, 5) is 35.1. The lowest BCUT2D eigenvalue weighted by Crippen LogP contribution is -2.59. The van der Waals surface area contributed by atoms with Gasteiger partial charge in [0, 0.05) is 12.0 Å². The zero-order valence-electron chi connectivity index (χ0n) is 17.7. The SMILES string of the molecule is Cc1c(C(=O)NC23CC4CC(CC(C4)C2)C3)sc2nc(Cc3ccccc3)[nH]c(=O)c12. The molecule has 0 radical (unpaired) electrons. The molecular formula is C25H27N3O2S. The predicted molar refractivity (Wildman–Crippen MR) is 123 cm³/mol. The summed E-state index contributed by atoms with van der Waals surface area (Å²) in [7, 11) is 0. The molecule has 1 amide bonds. The molecule has 4 fully saturated rings. The predicted octanol–water partition coefficient (Wildman–Crippen LogP) is 4.58. The molecule has 1 aromatic carbocycles. The van der Waals surface area contributed by atoms with Crippen molar-refractivity contribution in [2.24, 2.45) is 17.8 Å². The molecule has 0 spiro atoms. The second-order valence-electron chi connectivity index (χ2n) is 10.1. The smallest absolute Gasteiger partial charge is 0.262 e. The topological polar surface area (TPSA) is 74.8 Å². The molecule has 0 saturated heterocycles. The molecule has 2 N–H and O–H groups in total. The molecule has 6 heteroatoms. The van der Waals surface area contributed by atoms with Crippen molar-refractivity contribution in [2.45, 2.75) is 57.4 Å². The van der Waals surface area contributed by atoms with Gasteiger partial charge in [-0.15, -0.1) is 11.3 Å². The molecule has 31 heavy (non-hydrogen) atoms. The number of H-pyrrole nitrogens is 1. The maximum atomic E-state index is 13.4. The van der Waals surface area contributed by atoms with Crippen molar-refractivity contribution in [3.05, 3.63) is 62.5 Å². The molecule has 3 aromatic rings. The van der Waals surface area contributed by atoms with Crippen LogP contribution in [0.1, 0.15) is 65.1 Å². The first-order chi connectivity index (χ1) is 15.0.